The van der Waals surface area contributed by atoms with Gasteiger partial charge in [0.1, 0.15) is 5.75 Å². The summed E-state index contributed by atoms with van der Waals surface area (Å²) in [6.07, 6.45) is 2.11. The summed E-state index contributed by atoms with van der Waals surface area (Å²) in [5.74, 6) is 0.779. The van der Waals surface area contributed by atoms with Crippen LogP contribution in [-0.2, 0) is 4.79 Å². The number of amides is 1. The highest BCUT2D eigenvalue weighted by atomic mass is 35.5. The Kier molecular flexibility index (Phi) is 6.41. The minimum Gasteiger partial charge on any atom is -0.494 e. The number of anilines is 1. The van der Waals surface area contributed by atoms with Crippen LogP contribution in [0, 0.1) is 0 Å². The molecule has 1 saturated heterocycles. The van der Waals surface area contributed by atoms with Crippen molar-refractivity contribution < 1.29 is 9.53 Å². The Morgan fingerprint density at radius 1 is 1.23 bits per heavy atom. The van der Waals surface area contributed by atoms with Gasteiger partial charge in [0.25, 0.3) is 0 Å². The van der Waals surface area contributed by atoms with Crippen LogP contribution in [0.5, 0.6) is 5.75 Å². The molecular weight excluding hydrogens is 371 g/mol. The molecule has 2 aromatic carbocycles. The minimum atomic E-state index is -0.0907. The lowest BCUT2D eigenvalue weighted by atomic mass is 10.0. The molecule has 0 spiro atoms. The van der Waals surface area contributed by atoms with E-state index in [1.165, 1.54) is 5.56 Å². The Balaban J connectivity index is 1.64. The first-order valence-electron chi connectivity index (χ1n) is 8.79. The molecule has 2 aromatic rings. The van der Waals surface area contributed by atoms with Gasteiger partial charge in [-0.05, 0) is 56.1 Å². The maximum atomic E-state index is 12.5. The highest BCUT2D eigenvalue weighted by molar-refractivity contribution is 6.44. The Morgan fingerprint density at radius 3 is 2.73 bits per heavy atom. The number of carbonyl (C=O) groups is 1. The summed E-state index contributed by atoms with van der Waals surface area (Å²) < 4.78 is 5.50. The average molecular weight is 393 g/mol. The van der Waals surface area contributed by atoms with Gasteiger partial charge >= 0.3 is 0 Å². The van der Waals surface area contributed by atoms with E-state index < -0.39 is 0 Å². The zero-order chi connectivity index (χ0) is 18.5. The van der Waals surface area contributed by atoms with E-state index >= 15 is 0 Å². The monoisotopic (exact) mass is 392 g/mol. The Bertz CT molecular complexity index is 765. The van der Waals surface area contributed by atoms with Crippen LogP contribution < -0.4 is 10.1 Å². The van der Waals surface area contributed by atoms with Crippen molar-refractivity contribution in [3.63, 3.8) is 0 Å². The van der Waals surface area contributed by atoms with E-state index in [2.05, 4.69) is 22.3 Å². The molecule has 1 atom stereocenters. The predicted molar refractivity (Wildman–Crippen MR) is 106 cm³/mol. The highest BCUT2D eigenvalue weighted by Crippen LogP contribution is 2.33. The van der Waals surface area contributed by atoms with Gasteiger partial charge in [-0.15, -0.1) is 0 Å². The molecule has 0 bridgehead atoms. The van der Waals surface area contributed by atoms with Crippen molar-refractivity contribution in [3.05, 3.63) is 58.1 Å². The Morgan fingerprint density at radius 2 is 2.00 bits per heavy atom. The topological polar surface area (TPSA) is 41.6 Å². The summed E-state index contributed by atoms with van der Waals surface area (Å²) in [5.41, 5.74) is 1.75. The summed E-state index contributed by atoms with van der Waals surface area (Å²) in [6, 6.07) is 13.6. The molecule has 3 rings (SSSR count). The van der Waals surface area contributed by atoms with Crippen molar-refractivity contribution in [3.8, 4) is 5.75 Å². The summed E-state index contributed by atoms with van der Waals surface area (Å²) >= 11 is 12.1. The maximum absolute atomic E-state index is 12.5. The quantitative estimate of drug-likeness (QED) is 0.737. The second kappa shape index (κ2) is 8.76. The highest BCUT2D eigenvalue weighted by Gasteiger charge is 2.27. The maximum Gasteiger partial charge on any atom is 0.238 e. The third-order valence-electron chi connectivity index (χ3n) is 4.51. The van der Waals surface area contributed by atoms with Gasteiger partial charge in [0.2, 0.25) is 5.91 Å². The van der Waals surface area contributed by atoms with Crippen molar-refractivity contribution in [2.45, 2.75) is 25.8 Å². The Hall–Kier alpha value is -1.75. The standard InChI is InChI=1S/C20H22Cl2N2O2/c1-2-26-15-10-8-14(9-11-15)18-7-4-12-24(18)13-19(25)23-17-6-3-5-16(21)20(17)22/h3,5-6,8-11,18H,2,4,7,12-13H2,1H3,(H,23,25). The van der Waals surface area contributed by atoms with Gasteiger partial charge in [-0.2, -0.15) is 0 Å². The van der Waals surface area contributed by atoms with E-state index in [4.69, 9.17) is 27.9 Å². The van der Waals surface area contributed by atoms with E-state index in [0.717, 1.165) is 25.1 Å². The fraction of sp³-hybridized carbons (Fsp3) is 0.350. The first kappa shape index (κ1) is 19.0. The number of ether oxygens (including phenoxy) is 1. The SMILES string of the molecule is CCOc1ccc(C2CCCN2CC(=O)Nc2cccc(Cl)c2Cl)cc1. The number of hydrogen-bond donors (Lipinski definition) is 1. The van der Waals surface area contributed by atoms with E-state index in [9.17, 15) is 4.79 Å². The number of rotatable bonds is 6. The number of nitrogens with one attached hydrogen (secondary N) is 1. The lowest BCUT2D eigenvalue weighted by molar-refractivity contribution is -0.117. The van der Waals surface area contributed by atoms with Gasteiger partial charge in [0.05, 0.1) is 28.9 Å². The van der Waals surface area contributed by atoms with Crippen molar-refractivity contribution in [2.24, 2.45) is 0 Å². The molecule has 4 nitrogen and oxygen atoms in total. The number of nitrogens with zero attached hydrogens (tertiary/aromatic N) is 1. The van der Waals surface area contributed by atoms with Gasteiger partial charge in [-0.1, -0.05) is 41.4 Å². The molecule has 26 heavy (non-hydrogen) atoms. The van der Waals surface area contributed by atoms with Gasteiger partial charge in [-0.25, -0.2) is 0 Å². The van der Waals surface area contributed by atoms with Crippen molar-refractivity contribution in [1.29, 1.82) is 0 Å². The molecular formula is C20H22Cl2N2O2. The van der Waals surface area contributed by atoms with E-state index in [1.807, 2.05) is 19.1 Å². The molecule has 1 amide bonds. The van der Waals surface area contributed by atoms with Crippen LogP contribution in [0.3, 0.4) is 0 Å². The number of benzene rings is 2. The van der Waals surface area contributed by atoms with Crippen LogP contribution in [0.2, 0.25) is 10.0 Å². The van der Waals surface area contributed by atoms with Gasteiger partial charge in [-0.3, -0.25) is 9.69 Å². The van der Waals surface area contributed by atoms with Gasteiger partial charge < -0.3 is 10.1 Å². The molecule has 1 heterocycles. The van der Waals surface area contributed by atoms with Gasteiger partial charge in [0, 0.05) is 6.04 Å². The molecule has 1 fully saturated rings. The molecule has 0 aliphatic carbocycles. The lowest BCUT2D eigenvalue weighted by Crippen LogP contribution is -2.33. The van der Waals surface area contributed by atoms with Crippen LogP contribution in [0.15, 0.2) is 42.5 Å². The molecule has 1 unspecified atom stereocenters. The number of halogens is 2. The Labute approximate surface area is 164 Å². The molecule has 1 aliphatic rings. The molecule has 138 valence electrons. The molecule has 0 radical (unpaired) electrons. The molecule has 0 saturated carbocycles. The van der Waals surface area contributed by atoms with E-state index in [-0.39, 0.29) is 11.9 Å². The average Bonchev–Trinajstić information content (AvgIpc) is 3.08. The third-order valence-corrected chi connectivity index (χ3v) is 5.33. The van der Waals surface area contributed by atoms with Crippen LogP contribution in [-0.4, -0.2) is 30.5 Å². The van der Waals surface area contributed by atoms with Gasteiger partial charge in [0.15, 0.2) is 0 Å². The lowest BCUT2D eigenvalue weighted by Gasteiger charge is -2.24. The summed E-state index contributed by atoms with van der Waals surface area (Å²) in [6.45, 7) is 3.84. The van der Waals surface area contributed by atoms with E-state index in [0.29, 0.717) is 28.9 Å². The molecule has 1 N–H and O–H groups in total. The molecule has 1 aliphatic heterocycles. The second-order valence-corrected chi connectivity index (χ2v) is 7.07. The first-order valence-corrected chi connectivity index (χ1v) is 9.54. The van der Waals surface area contributed by atoms with Crippen LogP contribution in [0.1, 0.15) is 31.4 Å². The predicted octanol–water partition coefficient (Wildman–Crippen LogP) is 5.17. The number of likely N-dealkylation sites (tertiary alicyclic amines) is 1. The second-order valence-electron chi connectivity index (χ2n) is 6.28. The van der Waals surface area contributed by atoms with Crippen molar-refractivity contribution in [1.82, 2.24) is 4.90 Å². The normalized spacial score (nSPS) is 17.3. The summed E-state index contributed by atoms with van der Waals surface area (Å²) in [7, 11) is 0. The van der Waals surface area contributed by atoms with Crippen molar-refractivity contribution >= 4 is 34.8 Å². The fourth-order valence-corrected chi connectivity index (χ4v) is 3.67. The van der Waals surface area contributed by atoms with Crippen LogP contribution in [0.25, 0.3) is 0 Å². The summed E-state index contributed by atoms with van der Waals surface area (Å²) in [4.78, 5) is 14.7. The van der Waals surface area contributed by atoms with Crippen LogP contribution >= 0.6 is 23.2 Å². The molecule has 6 heteroatoms. The summed E-state index contributed by atoms with van der Waals surface area (Å²) in [5, 5.41) is 3.66. The molecule has 0 aromatic heterocycles. The number of hydrogen-bond acceptors (Lipinski definition) is 3. The third kappa shape index (κ3) is 4.50. The van der Waals surface area contributed by atoms with Crippen LogP contribution in [0.4, 0.5) is 5.69 Å². The minimum absolute atomic E-state index is 0.0907. The smallest absolute Gasteiger partial charge is 0.238 e. The zero-order valence-electron chi connectivity index (χ0n) is 14.7. The van der Waals surface area contributed by atoms with E-state index in [1.54, 1.807) is 18.2 Å². The van der Waals surface area contributed by atoms with Crippen molar-refractivity contribution in [2.75, 3.05) is 25.0 Å². The zero-order valence-corrected chi connectivity index (χ0v) is 16.2. The first-order chi connectivity index (χ1) is 12.6. The number of carbonyl (C=O) groups excluding carboxylic acids is 1. The largest absolute Gasteiger partial charge is 0.494 e. The fourth-order valence-electron chi connectivity index (χ4n) is 3.32.